The number of hydrogen-bond donors (Lipinski definition) is 0. The second-order valence-corrected chi connectivity index (χ2v) is 8.50. The van der Waals surface area contributed by atoms with Gasteiger partial charge in [0.05, 0.1) is 22.5 Å². The summed E-state index contributed by atoms with van der Waals surface area (Å²) in [5.41, 5.74) is -3.67. The summed E-state index contributed by atoms with van der Waals surface area (Å²) in [6.45, 7) is 7.85. The molecule has 1 heterocycles. The minimum Gasteiger partial charge on any atom is -0.444 e. The third kappa shape index (κ3) is 4.75. The van der Waals surface area contributed by atoms with E-state index in [1.807, 2.05) is 0 Å². The summed E-state index contributed by atoms with van der Waals surface area (Å²) >= 11 is 0. The van der Waals surface area contributed by atoms with Gasteiger partial charge in [0.15, 0.2) is 5.78 Å². The highest BCUT2D eigenvalue weighted by molar-refractivity contribution is 6.12. The van der Waals surface area contributed by atoms with Gasteiger partial charge < -0.3 is 9.64 Å². The predicted molar refractivity (Wildman–Crippen MR) is 97.5 cm³/mol. The molecule has 1 aromatic carbocycles. The molecule has 0 bridgehead atoms. The Morgan fingerprint density at radius 3 is 2.34 bits per heavy atom. The first-order chi connectivity index (χ1) is 13.1. The summed E-state index contributed by atoms with van der Waals surface area (Å²) in [5, 5.41) is 10.7. The molecule has 0 radical (unpaired) electrons. The highest BCUT2D eigenvalue weighted by Gasteiger charge is 2.46. The van der Waals surface area contributed by atoms with Gasteiger partial charge in [-0.15, -0.1) is 0 Å². The summed E-state index contributed by atoms with van der Waals surface area (Å²) in [7, 11) is 0. The number of nitro groups is 1. The Morgan fingerprint density at radius 2 is 1.83 bits per heavy atom. The van der Waals surface area contributed by atoms with Crippen LogP contribution < -0.4 is 0 Å². The first-order valence-electron chi connectivity index (χ1n) is 8.85. The van der Waals surface area contributed by atoms with E-state index in [-0.39, 0.29) is 13.0 Å². The third-order valence-corrected chi connectivity index (χ3v) is 4.52. The van der Waals surface area contributed by atoms with Gasteiger partial charge in [-0.3, -0.25) is 19.7 Å². The Balaban J connectivity index is 2.38. The maximum Gasteiger partial charge on any atom is 0.410 e. The van der Waals surface area contributed by atoms with Crippen LogP contribution in [-0.2, 0) is 9.53 Å². The van der Waals surface area contributed by atoms with Crippen molar-refractivity contribution in [2.45, 2.75) is 52.2 Å². The number of hydrogen-bond acceptors (Lipinski definition) is 6. The van der Waals surface area contributed by atoms with Crippen molar-refractivity contribution < 1.29 is 32.8 Å². The van der Waals surface area contributed by atoms with Gasteiger partial charge in [0, 0.05) is 18.5 Å². The van der Waals surface area contributed by atoms with E-state index < -0.39 is 62.5 Å². The number of carbonyl (C=O) groups is 3. The number of Topliss-reactive ketones (excluding diaryl/α,β-unsaturated/α-hetero) is 2. The molecule has 8 nitrogen and oxygen atoms in total. The van der Waals surface area contributed by atoms with Crippen LogP contribution in [0.25, 0.3) is 0 Å². The number of rotatable bonds is 3. The molecule has 1 amide bonds. The molecule has 1 aliphatic rings. The topological polar surface area (TPSA) is 107 Å². The molecule has 1 aromatic rings. The molecule has 0 spiro atoms. The average Bonchev–Trinajstić information content (AvgIpc) is 2.53. The average molecular weight is 412 g/mol. The molecule has 1 saturated heterocycles. The minimum absolute atomic E-state index is 0.195. The van der Waals surface area contributed by atoms with Crippen LogP contribution in [0, 0.1) is 27.7 Å². The predicted octanol–water partition coefficient (Wildman–Crippen LogP) is 3.66. The molecule has 0 saturated carbocycles. The van der Waals surface area contributed by atoms with Crippen LogP contribution in [0.15, 0.2) is 12.1 Å². The van der Waals surface area contributed by atoms with E-state index >= 15 is 0 Å². The minimum atomic E-state index is -1.44. The van der Waals surface area contributed by atoms with Gasteiger partial charge in [0.1, 0.15) is 17.2 Å². The Bertz CT molecular complexity index is 891. The first kappa shape index (κ1) is 22.4. The molecule has 1 atom stereocenters. The Kier molecular flexibility index (Phi) is 5.78. The van der Waals surface area contributed by atoms with E-state index in [9.17, 15) is 33.3 Å². The van der Waals surface area contributed by atoms with E-state index in [0.717, 1.165) is 0 Å². The lowest BCUT2D eigenvalue weighted by Crippen LogP contribution is -2.58. The third-order valence-electron chi connectivity index (χ3n) is 4.52. The smallest absolute Gasteiger partial charge is 0.410 e. The number of carbonyl (C=O) groups excluding carboxylic acids is 3. The lowest BCUT2D eigenvalue weighted by molar-refractivity contribution is -0.387. The fraction of sp³-hybridized carbons (Fsp3) is 0.526. The number of nitrogens with zero attached hydrogens (tertiary/aromatic N) is 2. The van der Waals surface area contributed by atoms with Crippen LogP contribution in [0.2, 0.25) is 0 Å². The van der Waals surface area contributed by atoms with Crippen molar-refractivity contribution in [1.29, 1.82) is 0 Å². The van der Waals surface area contributed by atoms with Crippen LogP contribution in [-0.4, -0.2) is 45.2 Å². The van der Waals surface area contributed by atoms with Crippen molar-refractivity contribution in [1.82, 2.24) is 4.90 Å². The molecular weight excluding hydrogens is 390 g/mol. The summed E-state index contributed by atoms with van der Waals surface area (Å²) in [5.74, 6) is -5.74. The Hall–Kier alpha value is -2.91. The quantitative estimate of drug-likeness (QED) is 0.325. The number of halogens is 2. The van der Waals surface area contributed by atoms with Crippen molar-refractivity contribution in [3.8, 4) is 0 Å². The van der Waals surface area contributed by atoms with Crippen molar-refractivity contribution in [3.63, 3.8) is 0 Å². The summed E-state index contributed by atoms with van der Waals surface area (Å²) in [6.07, 6.45) is -0.942. The largest absolute Gasteiger partial charge is 0.444 e. The van der Waals surface area contributed by atoms with Gasteiger partial charge in [0.2, 0.25) is 5.82 Å². The molecule has 0 aliphatic carbocycles. The Morgan fingerprint density at radius 1 is 1.24 bits per heavy atom. The van der Waals surface area contributed by atoms with E-state index in [2.05, 4.69) is 0 Å². The molecule has 0 N–H and O–H groups in total. The van der Waals surface area contributed by atoms with E-state index in [4.69, 9.17) is 4.74 Å². The van der Waals surface area contributed by atoms with Crippen molar-refractivity contribution in [3.05, 3.63) is 39.4 Å². The second kappa shape index (κ2) is 7.49. The number of amides is 1. The number of nitro benzene ring substituents is 1. The summed E-state index contributed by atoms with van der Waals surface area (Å²) < 4.78 is 33.5. The van der Waals surface area contributed by atoms with Gasteiger partial charge in [-0.2, -0.15) is 4.39 Å². The standard InChI is InChI=1S/C19H22F2N2O6/c1-18(2,3)29-17(26)22-9-11(15(24)8-19(22,4)5)16(25)10-6-13(21)14(23(27)28)7-12(10)20/h6-7,11H,8-9H2,1-5H3. The van der Waals surface area contributed by atoms with Crippen LogP contribution in [0.5, 0.6) is 0 Å². The van der Waals surface area contributed by atoms with Crippen LogP contribution in [0.3, 0.4) is 0 Å². The van der Waals surface area contributed by atoms with E-state index in [1.54, 1.807) is 34.6 Å². The number of piperidine rings is 1. The molecule has 0 aromatic heterocycles. The number of ether oxygens (including phenoxy) is 1. The lowest BCUT2D eigenvalue weighted by atomic mass is 9.80. The molecule has 1 fully saturated rings. The molecule has 10 heteroatoms. The summed E-state index contributed by atoms with van der Waals surface area (Å²) in [4.78, 5) is 48.6. The fourth-order valence-corrected chi connectivity index (χ4v) is 3.10. The Labute approximate surface area is 166 Å². The molecular formula is C19H22F2N2O6. The highest BCUT2D eigenvalue weighted by Crippen LogP contribution is 2.32. The SMILES string of the molecule is CC(C)(C)OC(=O)N1CC(C(=O)c2cc(F)c([N+](=O)[O-])cc2F)C(=O)CC1(C)C. The van der Waals surface area contributed by atoms with Crippen molar-refractivity contribution in [2.24, 2.45) is 5.92 Å². The van der Waals surface area contributed by atoms with Crippen LogP contribution in [0.4, 0.5) is 19.3 Å². The van der Waals surface area contributed by atoms with Crippen molar-refractivity contribution in [2.75, 3.05) is 6.54 Å². The van der Waals surface area contributed by atoms with E-state index in [1.165, 1.54) is 4.90 Å². The van der Waals surface area contributed by atoms with Gasteiger partial charge in [0.25, 0.3) is 0 Å². The second-order valence-electron chi connectivity index (χ2n) is 8.50. The summed E-state index contributed by atoms with van der Waals surface area (Å²) in [6, 6.07) is 0.700. The van der Waals surface area contributed by atoms with Gasteiger partial charge >= 0.3 is 11.8 Å². The lowest BCUT2D eigenvalue weighted by Gasteiger charge is -2.44. The van der Waals surface area contributed by atoms with Crippen molar-refractivity contribution >= 4 is 23.3 Å². The van der Waals surface area contributed by atoms with Crippen LogP contribution >= 0.6 is 0 Å². The fourth-order valence-electron chi connectivity index (χ4n) is 3.10. The zero-order chi connectivity index (χ0) is 22.3. The number of ketones is 2. The zero-order valence-electron chi connectivity index (χ0n) is 16.7. The molecule has 1 aliphatic heterocycles. The monoisotopic (exact) mass is 412 g/mol. The maximum atomic E-state index is 14.2. The van der Waals surface area contributed by atoms with Gasteiger partial charge in [-0.25, -0.2) is 9.18 Å². The maximum absolute atomic E-state index is 14.2. The highest BCUT2D eigenvalue weighted by atomic mass is 19.1. The van der Waals surface area contributed by atoms with E-state index in [0.29, 0.717) is 12.1 Å². The first-order valence-corrected chi connectivity index (χ1v) is 8.85. The zero-order valence-corrected chi connectivity index (χ0v) is 16.7. The normalized spacial score (nSPS) is 19.1. The molecule has 29 heavy (non-hydrogen) atoms. The molecule has 158 valence electrons. The van der Waals surface area contributed by atoms with Crippen LogP contribution in [0.1, 0.15) is 51.4 Å². The number of likely N-dealkylation sites (tertiary alicyclic amines) is 1. The molecule has 2 rings (SSSR count). The van der Waals surface area contributed by atoms with Gasteiger partial charge in [-0.1, -0.05) is 0 Å². The van der Waals surface area contributed by atoms with Gasteiger partial charge in [-0.05, 0) is 40.7 Å². The number of benzene rings is 1. The molecule has 1 unspecified atom stereocenters.